The first-order valence-electron chi connectivity index (χ1n) is 12.5. The number of hydrogen-bond acceptors (Lipinski definition) is 7. The molecule has 0 aliphatic heterocycles. The third-order valence-electron chi connectivity index (χ3n) is 5.47. The zero-order valence-electron chi connectivity index (χ0n) is 21.9. The van der Waals surface area contributed by atoms with Crippen molar-refractivity contribution in [3.63, 3.8) is 0 Å². The van der Waals surface area contributed by atoms with Crippen LogP contribution in [0.4, 0.5) is 0 Å². The Hall–Kier alpha value is -0.850. The number of aromatic hydroxyl groups is 1. The number of ether oxygens (including phenoxy) is 1. The summed E-state index contributed by atoms with van der Waals surface area (Å²) in [7, 11) is -4.78. The normalized spacial score (nSPS) is 13.7. The molecule has 1 rings (SSSR count). The summed E-state index contributed by atoms with van der Waals surface area (Å²) in [6, 6.07) is 5.68. The SMILES string of the molecule is CCCC(OC(CCC)S(=O)(=O)NC)S(=O)(=O)NC.CCCCCCCCc1ccc(O)c(S)c1. The zero-order valence-corrected chi connectivity index (χ0v) is 24.4. The van der Waals surface area contributed by atoms with Crippen LogP contribution in [0.2, 0.25) is 0 Å². The summed E-state index contributed by atoms with van der Waals surface area (Å²) in [6.45, 7) is 5.86. The van der Waals surface area contributed by atoms with Crippen LogP contribution < -0.4 is 9.44 Å². The maximum absolute atomic E-state index is 11.8. The average Bonchev–Trinajstić information content (AvgIpc) is 2.83. The lowest BCUT2D eigenvalue weighted by Crippen LogP contribution is -2.41. The van der Waals surface area contributed by atoms with Gasteiger partial charge in [0.1, 0.15) is 5.75 Å². The van der Waals surface area contributed by atoms with Crippen molar-refractivity contribution in [2.24, 2.45) is 0 Å². The van der Waals surface area contributed by atoms with Gasteiger partial charge in [0.2, 0.25) is 20.0 Å². The number of hydrogen-bond donors (Lipinski definition) is 4. The summed E-state index contributed by atoms with van der Waals surface area (Å²) in [6.07, 6.45) is 10.6. The second-order valence-corrected chi connectivity index (χ2v) is 12.9. The first-order valence-corrected chi connectivity index (χ1v) is 16.0. The van der Waals surface area contributed by atoms with Crippen LogP contribution in [0.15, 0.2) is 23.1 Å². The Kier molecular flexibility index (Phi) is 18.0. The van der Waals surface area contributed by atoms with Gasteiger partial charge in [0.05, 0.1) is 0 Å². The Morgan fingerprint density at radius 1 is 0.829 bits per heavy atom. The second-order valence-electron chi connectivity index (χ2n) is 8.41. The van der Waals surface area contributed by atoms with Crippen LogP contribution in [0.3, 0.4) is 0 Å². The first-order chi connectivity index (χ1) is 16.5. The number of rotatable bonds is 17. The number of unbranched alkanes of at least 4 members (excludes halogenated alkanes) is 5. The van der Waals surface area contributed by atoms with Crippen molar-refractivity contribution in [3.8, 4) is 5.75 Å². The van der Waals surface area contributed by atoms with Crippen molar-refractivity contribution in [3.05, 3.63) is 23.8 Å². The number of sulfonamides is 2. The highest BCUT2D eigenvalue weighted by Crippen LogP contribution is 2.23. The van der Waals surface area contributed by atoms with Crippen molar-refractivity contribution in [1.29, 1.82) is 0 Å². The van der Waals surface area contributed by atoms with E-state index in [1.807, 2.05) is 26.0 Å². The van der Waals surface area contributed by atoms with Crippen LogP contribution in [-0.4, -0.2) is 46.9 Å². The Bertz CT molecular complexity index is 866. The van der Waals surface area contributed by atoms with Crippen LogP contribution in [0, 0.1) is 0 Å². The Morgan fingerprint density at radius 2 is 1.31 bits per heavy atom. The third kappa shape index (κ3) is 13.9. The van der Waals surface area contributed by atoms with E-state index in [0.717, 1.165) is 6.42 Å². The van der Waals surface area contributed by atoms with Gasteiger partial charge in [0.25, 0.3) is 0 Å². The minimum absolute atomic E-state index is 0.239. The van der Waals surface area contributed by atoms with Gasteiger partial charge in [-0.15, -0.1) is 12.6 Å². The van der Waals surface area contributed by atoms with E-state index >= 15 is 0 Å². The summed E-state index contributed by atoms with van der Waals surface area (Å²) in [5.74, 6) is 0.273. The van der Waals surface area contributed by atoms with Gasteiger partial charge in [0.15, 0.2) is 10.9 Å². The van der Waals surface area contributed by atoms with E-state index in [0.29, 0.717) is 17.7 Å². The lowest BCUT2D eigenvalue weighted by atomic mass is 10.0. The maximum Gasteiger partial charge on any atom is 0.238 e. The van der Waals surface area contributed by atoms with Gasteiger partial charge in [-0.25, -0.2) is 26.3 Å². The Balaban J connectivity index is 0.000000669. The van der Waals surface area contributed by atoms with Crippen molar-refractivity contribution in [2.75, 3.05) is 14.1 Å². The van der Waals surface area contributed by atoms with E-state index in [1.54, 1.807) is 6.07 Å². The lowest BCUT2D eigenvalue weighted by molar-refractivity contribution is 0.0666. The Morgan fingerprint density at radius 3 is 1.74 bits per heavy atom. The summed E-state index contributed by atoms with van der Waals surface area (Å²) >= 11 is 4.21. The predicted octanol–water partition coefficient (Wildman–Crippen LogP) is 4.94. The fourth-order valence-corrected chi connectivity index (χ4v) is 5.82. The molecule has 0 aliphatic rings. The molecule has 0 spiro atoms. The molecule has 35 heavy (non-hydrogen) atoms. The van der Waals surface area contributed by atoms with Gasteiger partial charge in [-0.1, -0.05) is 71.8 Å². The third-order valence-corrected chi connectivity index (χ3v) is 9.05. The molecule has 1 aromatic rings. The summed E-state index contributed by atoms with van der Waals surface area (Å²) in [5, 5.41) is 9.34. The van der Waals surface area contributed by atoms with Gasteiger partial charge in [0, 0.05) is 4.90 Å². The fourth-order valence-electron chi connectivity index (χ4n) is 3.33. The van der Waals surface area contributed by atoms with Crippen molar-refractivity contribution < 1.29 is 26.7 Å². The second kappa shape index (κ2) is 18.4. The van der Waals surface area contributed by atoms with Crippen LogP contribution >= 0.6 is 12.6 Å². The number of benzene rings is 1. The molecule has 11 heteroatoms. The fraction of sp³-hybridized carbons (Fsp3) is 0.750. The number of thiol groups is 1. The summed E-state index contributed by atoms with van der Waals surface area (Å²) in [5.41, 5.74) is -1.05. The topological polar surface area (TPSA) is 122 Å². The first kappa shape index (κ1) is 34.1. The van der Waals surface area contributed by atoms with Gasteiger partial charge in [-0.3, -0.25) is 0 Å². The standard InChI is InChI=1S/C14H22OS.C10H24N2O5S2/c1-2-3-4-5-6-7-8-12-9-10-13(15)14(16)11-12;1-5-7-9(18(13,14)11-3)17-10(8-6-2)19(15,16)12-4/h9-11,15-16H,2-8H2,1H3;9-12H,5-8H2,1-4H3. The lowest BCUT2D eigenvalue weighted by Gasteiger charge is -2.23. The molecular formula is C24H46N2O6S3. The minimum atomic E-state index is -3.67. The molecule has 0 aliphatic carbocycles. The van der Waals surface area contributed by atoms with E-state index in [2.05, 4.69) is 29.0 Å². The molecule has 0 amide bonds. The van der Waals surface area contributed by atoms with Crippen molar-refractivity contribution >= 4 is 32.7 Å². The smallest absolute Gasteiger partial charge is 0.238 e. The highest BCUT2D eigenvalue weighted by atomic mass is 32.2. The van der Waals surface area contributed by atoms with Crippen LogP contribution in [0.1, 0.15) is 90.5 Å². The molecule has 0 saturated carbocycles. The molecule has 3 N–H and O–H groups in total. The van der Waals surface area contributed by atoms with Gasteiger partial charge >= 0.3 is 0 Å². The molecular weight excluding hydrogens is 508 g/mol. The number of phenols is 1. The molecule has 8 nitrogen and oxygen atoms in total. The zero-order chi connectivity index (χ0) is 26.9. The molecule has 0 heterocycles. The summed E-state index contributed by atoms with van der Waals surface area (Å²) < 4.78 is 56.9. The maximum atomic E-state index is 11.8. The molecule has 2 atom stereocenters. The molecule has 0 aromatic heterocycles. The van der Waals surface area contributed by atoms with Crippen LogP contribution in [0.25, 0.3) is 0 Å². The largest absolute Gasteiger partial charge is 0.507 e. The van der Waals surface area contributed by atoms with E-state index in [9.17, 15) is 21.9 Å². The number of phenolic OH excluding ortho intramolecular Hbond substituents is 1. The highest BCUT2D eigenvalue weighted by Gasteiger charge is 2.32. The summed E-state index contributed by atoms with van der Waals surface area (Å²) in [4.78, 5) is 0.684. The molecule has 0 saturated heterocycles. The van der Waals surface area contributed by atoms with Crippen molar-refractivity contribution in [1.82, 2.24) is 9.44 Å². The van der Waals surface area contributed by atoms with E-state index in [4.69, 9.17) is 4.74 Å². The average molecular weight is 555 g/mol. The molecule has 206 valence electrons. The van der Waals surface area contributed by atoms with E-state index < -0.39 is 30.9 Å². The van der Waals surface area contributed by atoms with E-state index in [1.165, 1.54) is 58.2 Å². The van der Waals surface area contributed by atoms with Crippen LogP contribution in [0.5, 0.6) is 5.75 Å². The van der Waals surface area contributed by atoms with Crippen molar-refractivity contribution in [2.45, 2.75) is 107 Å². The number of aryl methyl sites for hydroxylation is 1. The quantitative estimate of drug-likeness (QED) is 0.160. The molecule has 0 bridgehead atoms. The monoisotopic (exact) mass is 554 g/mol. The molecule has 0 fully saturated rings. The molecule has 1 aromatic carbocycles. The van der Waals surface area contributed by atoms with Gasteiger partial charge < -0.3 is 9.84 Å². The predicted molar refractivity (Wildman–Crippen MR) is 147 cm³/mol. The van der Waals surface area contributed by atoms with E-state index in [-0.39, 0.29) is 18.6 Å². The number of nitrogens with one attached hydrogen (secondary N) is 2. The molecule has 2 unspecified atom stereocenters. The van der Waals surface area contributed by atoms with Gasteiger partial charge in [-0.2, -0.15) is 0 Å². The van der Waals surface area contributed by atoms with Crippen LogP contribution in [-0.2, 0) is 31.2 Å². The minimum Gasteiger partial charge on any atom is -0.507 e. The highest BCUT2D eigenvalue weighted by molar-refractivity contribution is 7.90. The Labute approximate surface area is 219 Å². The molecule has 0 radical (unpaired) electrons. The van der Waals surface area contributed by atoms with Gasteiger partial charge in [-0.05, 0) is 57.5 Å².